The van der Waals surface area contributed by atoms with Gasteiger partial charge in [0.25, 0.3) is 0 Å². The number of rotatable bonds is 8. The Balaban J connectivity index is 0.00000189. The number of ether oxygens (including phenoxy) is 1. The molecule has 0 aliphatic heterocycles. The lowest BCUT2D eigenvalue weighted by Gasteiger charge is -2.62. The van der Waals surface area contributed by atoms with Crippen LogP contribution in [0, 0.1) is 46.3 Å². The number of carbonyl (C=O) groups excluding carboxylic acids is 2. The summed E-state index contributed by atoms with van der Waals surface area (Å²) < 4.78 is 7.59. The van der Waals surface area contributed by atoms with E-state index in [-0.39, 0.29) is 12.0 Å². The fourth-order valence-corrected chi connectivity index (χ4v) is 10.6. The number of urea groups is 1. The molecule has 4 aliphatic rings. The largest absolute Gasteiger partial charge is 0.465 e. The van der Waals surface area contributed by atoms with Crippen molar-refractivity contribution < 1.29 is 14.3 Å². The first-order valence-electron chi connectivity index (χ1n) is 16.7. The Hall–Kier alpha value is -1.69. The number of hydrogen-bond acceptors (Lipinski definition) is 4. The number of benzene rings is 1. The maximum Gasteiger partial charge on any atom is 0.337 e. The first-order chi connectivity index (χ1) is 19.8. The zero-order valence-electron chi connectivity index (χ0n) is 26.6. The molecule has 2 amide bonds. The fourth-order valence-electron chi connectivity index (χ4n) is 10.1. The number of amides is 2. The van der Waals surface area contributed by atoms with E-state index < -0.39 is 0 Å². The van der Waals surface area contributed by atoms with Gasteiger partial charge in [0.05, 0.1) is 12.7 Å². The molecule has 4 fully saturated rings. The molecule has 230 valence electrons. The molecule has 5 nitrogen and oxygen atoms in total. The highest BCUT2D eigenvalue weighted by molar-refractivity contribution is 7.98. The number of nitrogens with one attached hydrogen (secondary N) is 2. The lowest BCUT2D eigenvalue weighted by molar-refractivity contribution is -0.135. The maximum atomic E-state index is 12.4. The Kier molecular flexibility index (Phi) is 11.2. The van der Waals surface area contributed by atoms with Gasteiger partial charge in [-0.1, -0.05) is 53.9 Å². The highest BCUT2D eigenvalue weighted by Gasteiger charge is 2.60. The number of hydrogen-bond donors (Lipinski definition) is 2. The average Bonchev–Trinajstić information content (AvgIpc) is 3.34. The molecule has 0 bridgehead atoms. The van der Waals surface area contributed by atoms with Crippen molar-refractivity contribution in [2.45, 2.75) is 117 Å². The minimum absolute atomic E-state index is 0.156. The molecule has 8 atom stereocenters. The molecule has 2 N–H and O–H groups in total. The molecule has 0 saturated heterocycles. The van der Waals surface area contributed by atoms with E-state index in [4.69, 9.17) is 4.74 Å². The second kappa shape index (κ2) is 14.2. The monoisotopic (exact) mass is 584 g/mol. The summed E-state index contributed by atoms with van der Waals surface area (Å²) in [4.78, 5) is 24.8. The second-order valence-corrected chi connectivity index (χ2v) is 14.5. The first-order valence-corrected chi connectivity index (χ1v) is 17.5. The molecule has 5 unspecified atom stereocenters. The van der Waals surface area contributed by atoms with E-state index in [1.165, 1.54) is 89.7 Å². The van der Waals surface area contributed by atoms with Crippen LogP contribution in [0.25, 0.3) is 0 Å². The van der Waals surface area contributed by atoms with E-state index in [0.717, 1.165) is 46.8 Å². The quantitative estimate of drug-likeness (QED) is 0.182. The van der Waals surface area contributed by atoms with Crippen molar-refractivity contribution in [1.29, 1.82) is 0 Å². The summed E-state index contributed by atoms with van der Waals surface area (Å²) in [5.41, 5.74) is 1.59. The zero-order valence-corrected chi connectivity index (χ0v) is 27.4. The topological polar surface area (TPSA) is 67.4 Å². The van der Waals surface area contributed by atoms with E-state index in [2.05, 4.69) is 30.8 Å². The smallest absolute Gasteiger partial charge is 0.337 e. The van der Waals surface area contributed by atoms with Crippen molar-refractivity contribution in [3.8, 4) is 0 Å². The van der Waals surface area contributed by atoms with Crippen LogP contribution >= 0.6 is 11.9 Å². The van der Waals surface area contributed by atoms with Crippen LogP contribution < -0.4 is 10.0 Å². The standard InChI is InChI=1S/C33H50N2O3S.C2H6/c1-5-22-21-26-28-16-13-24(32(28,2)19-17-29(26)33(3)18-7-6-10-27(22)33)9-8-20-34-31(37)35-39-25-14-11-23(12-15-25)30(36)38-4;1-2/h11-12,14-15,22,24,26-29H,5-10,13,16-21H2,1-4H3,(H2,34,35,37);1-2H3/t22-,24-,26?,27?,28?,29-,32?,33?;/m0./s1. The van der Waals surface area contributed by atoms with Crippen LogP contribution in [-0.2, 0) is 4.74 Å². The summed E-state index contributed by atoms with van der Waals surface area (Å²) in [5, 5.41) is 3.05. The summed E-state index contributed by atoms with van der Waals surface area (Å²) >= 11 is 1.26. The van der Waals surface area contributed by atoms with Crippen molar-refractivity contribution in [2.75, 3.05) is 13.7 Å². The lowest BCUT2D eigenvalue weighted by atomic mass is 9.42. The third kappa shape index (κ3) is 6.63. The Labute approximate surface area is 254 Å². The minimum atomic E-state index is -0.358. The zero-order chi connectivity index (χ0) is 29.6. The van der Waals surface area contributed by atoms with Gasteiger partial charge in [-0.15, -0.1) is 0 Å². The van der Waals surface area contributed by atoms with Crippen molar-refractivity contribution in [2.24, 2.45) is 46.3 Å². The summed E-state index contributed by atoms with van der Waals surface area (Å²) in [7, 11) is 1.37. The van der Waals surface area contributed by atoms with Gasteiger partial charge >= 0.3 is 12.0 Å². The van der Waals surface area contributed by atoms with Crippen LogP contribution in [0.3, 0.4) is 0 Å². The van der Waals surface area contributed by atoms with E-state index in [1.54, 1.807) is 12.1 Å². The SMILES string of the molecule is CC.CC[C@H]1CC2C3CC[C@H](CCCNC(=O)NSc4ccc(C(=O)OC)cc4)C3(C)CC[C@@H]2C2(C)CCCCC12. The van der Waals surface area contributed by atoms with E-state index >= 15 is 0 Å². The number of methoxy groups -OCH3 is 1. The Morgan fingerprint density at radius 2 is 1.68 bits per heavy atom. The summed E-state index contributed by atoms with van der Waals surface area (Å²) in [6.45, 7) is 12.5. The Morgan fingerprint density at radius 1 is 0.951 bits per heavy atom. The minimum Gasteiger partial charge on any atom is -0.465 e. The highest BCUT2D eigenvalue weighted by atomic mass is 32.2. The van der Waals surface area contributed by atoms with Crippen molar-refractivity contribution >= 4 is 23.9 Å². The Morgan fingerprint density at radius 3 is 2.39 bits per heavy atom. The van der Waals surface area contributed by atoms with Crippen LogP contribution in [0.5, 0.6) is 0 Å². The molecule has 6 heteroatoms. The van der Waals surface area contributed by atoms with E-state index in [0.29, 0.717) is 22.9 Å². The molecular formula is C35H56N2O3S. The van der Waals surface area contributed by atoms with E-state index in [1.807, 2.05) is 26.0 Å². The number of carbonyl (C=O) groups is 2. The maximum absolute atomic E-state index is 12.4. The van der Waals surface area contributed by atoms with E-state index in [9.17, 15) is 9.59 Å². The van der Waals surface area contributed by atoms with Gasteiger partial charge < -0.3 is 10.1 Å². The van der Waals surface area contributed by atoms with Gasteiger partial charge in [0, 0.05) is 11.4 Å². The molecule has 41 heavy (non-hydrogen) atoms. The van der Waals surface area contributed by atoms with Gasteiger partial charge in [0.2, 0.25) is 0 Å². The van der Waals surface area contributed by atoms with Crippen molar-refractivity contribution in [3.05, 3.63) is 29.8 Å². The molecule has 0 radical (unpaired) electrons. The van der Waals surface area contributed by atoms with Gasteiger partial charge in [-0.25, -0.2) is 9.59 Å². The van der Waals surface area contributed by atoms with Gasteiger partial charge in [-0.2, -0.15) is 0 Å². The number of fused-ring (bicyclic) bond motifs is 5. The average molecular weight is 585 g/mol. The number of esters is 1. The Bertz CT molecular complexity index is 1020. The molecule has 0 spiro atoms. The molecule has 4 aliphatic carbocycles. The third-order valence-electron chi connectivity index (χ3n) is 12.0. The predicted molar refractivity (Wildman–Crippen MR) is 170 cm³/mol. The molecule has 1 aromatic rings. The van der Waals surface area contributed by atoms with Crippen LogP contribution in [-0.4, -0.2) is 25.7 Å². The predicted octanol–water partition coefficient (Wildman–Crippen LogP) is 9.27. The molecule has 0 heterocycles. The second-order valence-electron chi connectivity index (χ2n) is 13.6. The van der Waals surface area contributed by atoms with Crippen molar-refractivity contribution in [1.82, 2.24) is 10.0 Å². The lowest BCUT2D eigenvalue weighted by Crippen LogP contribution is -2.55. The van der Waals surface area contributed by atoms with Crippen molar-refractivity contribution in [3.63, 3.8) is 0 Å². The van der Waals surface area contributed by atoms with Gasteiger partial charge in [-0.05, 0) is 140 Å². The molecule has 4 saturated carbocycles. The van der Waals surface area contributed by atoms with Gasteiger partial charge in [0.15, 0.2) is 0 Å². The molecular weight excluding hydrogens is 528 g/mol. The fraction of sp³-hybridized carbons (Fsp3) is 0.771. The van der Waals surface area contributed by atoms with Crippen LogP contribution in [0.4, 0.5) is 4.79 Å². The first kappa shape index (κ1) is 32.2. The summed E-state index contributed by atoms with van der Waals surface area (Å²) in [5.74, 6) is 5.19. The molecule has 1 aromatic carbocycles. The summed E-state index contributed by atoms with van der Waals surface area (Å²) in [6, 6.07) is 6.89. The van der Waals surface area contributed by atoms with Crippen LogP contribution in [0.2, 0.25) is 0 Å². The molecule has 5 rings (SSSR count). The van der Waals surface area contributed by atoms with Gasteiger partial charge in [-0.3, -0.25) is 4.72 Å². The van der Waals surface area contributed by atoms with Gasteiger partial charge in [0.1, 0.15) is 0 Å². The highest BCUT2D eigenvalue weighted by Crippen LogP contribution is 2.69. The van der Waals surface area contributed by atoms with Crippen LogP contribution in [0.1, 0.15) is 122 Å². The molecule has 0 aromatic heterocycles. The summed E-state index contributed by atoms with van der Waals surface area (Å²) in [6.07, 6.45) is 16.7. The van der Waals surface area contributed by atoms with Crippen LogP contribution in [0.15, 0.2) is 29.2 Å². The normalized spacial score (nSPS) is 35.6. The third-order valence-corrected chi connectivity index (χ3v) is 12.8.